The van der Waals surface area contributed by atoms with Crippen molar-refractivity contribution in [3.63, 3.8) is 0 Å². The molecule has 204 valence electrons. The Labute approximate surface area is 211 Å². The molecule has 13 heteroatoms. The molecule has 12 nitrogen and oxygen atoms in total. The molecular formula is C23H37N2O10P. The van der Waals surface area contributed by atoms with Crippen molar-refractivity contribution in [1.82, 2.24) is 5.32 Å². The molecule has 0 heterocycles. The van der Waals surface area contributed by atoms with Gasteiger partial charge >= 0.3 is 19.9 Å². The summed E-state index contributed by atoms with van der Waals surface area (Å²) in [5.74, 6) is -0.919. The van der Waals surface area contributed by atoms with Crippen molar-refractivity contribution >= 4 is 25.6 Å². The molecule has 1 rings (SSSR count). The van der Waals surface area contributed by atoms with Gasteiger partial charge in [-0.2, -0.15) is 0 Å². The van der Waals surface area contributed by atoms with Crippen LogP contribution in [0.15, 0.2) is 24.3 Å². The van der Waals surface area contributed by atoms with Gasteiger partial charge in [0.25, 0.3) is 5.69 Å². The number of non-ortho nitro benzene ring substituents is 1. The summed E-state index contributed by atoms with van der Waals surface area (Å²) < 4.78 is 40.3. The summed E-state index contributed by atoms with van der Waals surface area (Å²) in [5.41, 5.74) is -2.31. The van der Waals surface area contributed by atoms with Crippen LogP contribution >= 0.6 is 7.82 Å². The molecule has 1 unspecified atom stereocenters. The van der Waals surface area contributed by atoms with E-state index in [4.69, 9.17) is 23.0 Å². The van der Waals surface area contributed by atoms with Crippen LogP contribution in [-0.2, 0) is 39.0 Å². The van der Waals surface area contributed by atoms with Crippen molar-refractivity contribution in [3.8, 4) is 0 Å². The van der Waals surface area contributed by atoms with E-state index in [0.29, 0.717) is 5.56 Å². The van der Waals surface area contributed by atoms with Crippen molar-refractivity contribution in [2.45, 2.75) is 91.8 Å². The lowest BCUT2D eigenvalue weighted by molar-refractivity contribution is -0.384. The number of carbonyl (C=O) groups excluding carboxylic acids is 2. The number of rotatable bonds is 10. The second kappa shape index (κ2) is 12.1. The Morgan fingerprint density at radius 2 is 1.44 bits per heavy atom. The summed E-state index contributed by atoms with van der Waals surface area (Å²) in [6, 6.07) is 3.97. The molecule has 1 aromatic rings. The summed E-state index contributed by atoms with van der Waals surface area (Å²) >= 11 is 0. The van der Waals surface area contributed by atoms with Crippen molar-refractivity contribution in [2.24, 2.45) is 0 Å². The SMILES string of the molecule is CC(C)(C)OC(=O)NC(COP(=O)(OC(C)(C)C)OC(C)(C)C)C(=O)OCc1ccc([N+](=O)[O-])cc1. The first-order valence-corrected chi connectivity index (χ1v) is 12.7. The zero-order valence-corrected chi connectivity index (χ0v) is 23.2. The van der Waals surface area contributed by atoms with Crippen LogP contribution in [0.5, 0.6) is 0 Å². The van der Waals surface area contributed by atoms with Gasteiger partial charge in [-0.05, 0) is 80.0 Å². The van der Waals surface area contributed by atoms with Crippen LogP contribution in [0.1, 0.15) is 67.9 Å². The molecule has 0 aromatic heterocycles. The number of benzene rings is 1. The third-order valence-corrected chi connectivity index (χ3v) is 5.68. The van der Waals surface area contributed by atoms with E-state index in [1.165, 1.54) is 24.3 Å². The number of hydrogen-bond donors (Lipinski definition) is 1. The number of ether oxygens (including phenoxy) is 2. The second-order valence-corrected chi connectivity index (χ2v) is 12.4. The normalized spacial score (nSPS) is 13.6. The van der Waals surface area contributed by atoms with Gasteiger partial charge in [0.1, 0.15) is 12.2 Å². The van der Waals surface area contributed by atoms with Crippen molar-refractivity contribution in [1.29, 1.82) is 0 Å². The number of phosphoric acid groups is 1. The number of phosphoric ester groups is 1. The molecule has 0 radical (unpaired) electrons. The lowest BCUT2D eigenvalue weighted by atomic mass is 10.2. The van der Waals surface area contributed by atoms with Gasteiger partial charge in [0, 0.05) is 12.1 Å². The van der Waals surface area contributed by atoms with Crippen molar-refractivity contribution in [2.75, 3.05) is 6.61 Å². The monoisotopic (exact) mass is 532 g/mol. The van der Waals surface area contributed by atoms with E-state index in [1.807, 2.05) is 0 Å². The largest absolute Gasteiger partial charge is 0.475 e. The number of nitrogens with zero attached hydrogens (tertiary/aromatic N) is 1. The number of alkyl carbamates (subject to hydrolysis) is 1. The van der Waals surface area contributed by atoms with Gasteiger partial charge in [0.2, 0.25) is 0 Å². The van der Waals surface area contributed by atoms with Gasteiger partial charge in [0.15, 0.2) is 6.04 Å². The molecule has 0 bridgehead atoms. The number of amides is 1. The number of hydrogen-bond acceptors (Lipinski definition) is 10. The summed E-state index contributed by atoms with van der Waals surface area (Å²) in [6.45, 7) is 14.0. The minimum absolute atomic E-state index is 0.114. The average Bonchev–Trinajstić information content (AvgIpc) is 2.65. The highest BCUT2D eigenvalue weighted by molar-refractivity contribution is 7.48. The Bertz CT molecular complexity index is 939. The molecule has 1 amide bonds. The average molecular weight is 533 g/mol. The molecular weight excluding hydrogens is 495 g/mol. The second-order valence-electron chi connectivity index (χ2n) is 10.9. The highest BCUT2D eigenvalue weighted by Gasteiger charge is 2.39. The molecule has 1 atom stereocenters. The van der Waals surface area contributed by atoms with Crippen molar-refractivity contribution in [3.05, 3.63) is 39.9 Å². The van der Waals surface area contributed by atoms with E-state index >= 15 is 0 Å². The van der Waals surface area contributed by atoms with E-state index in [-0.39, 0.29) is 12.3 Å². The Morgan fingerprint density at radius 1 is 0.944 bits per heavy atom. The smallest absolute Gasteiger partial charge is 0.459 e. The first-order chi connectivity index (χ1) is 16.2. The van der Waals surface area contributed by atoms with E-state index in [9.17, 15) is 24.3 Å². The number of nitro benzene ring substituents is 1. The van der Waals surface area contributed by atoms with Gasteiger partial charge < -0.3 is 14.8 Å². The predicted molar refractivity (Wildman–Crippen MR) is 131 cm³/mol. The van der Waals surface area contributed by atoms with Gasteiger partial charge in [-0.3, -0.25) is 23.7 Å². The standard InChI is InChI=1S/C23H37N2O10P/c1-21(2,3)33-20(27)24-18(15-32-36(30,34-22(4,5)6)35-23(7,8)9)19(26)31-14-16-10-12-17(13-11-16)25(28)29/h10-13,18H,14-15H2,1-9H3,(H,24,27). The molecule has 36 heavy (non-hydrogen) atoms. The first kappa shape index (κ1) is 31.5. The quantitative estimate of drug-likeness (QED) is 0.182. The van der Waals surface area contributed by atoms with Crippen LogP contribution in [0.3, 0.4) is 0 Å². The summed E-state index contributed by atoms with van der Waals surface area (Å²) in [4.78, 5) is 35.4. The Balaban J connectivity index is 3.04. The van der Waals surface area contributed by atoms with Gasteiger partial charge in [-0.1, -0.05) is 0 Å². The van der Waals surface area contributed by atoms with Gasteiger partial charge in [-0.15, -0.1) is 0 Å². The minimum atomic E-state index is -4.20. The topological polar surface area (TPSA) is 153 Å². The zero-order valence-electron chi connectivity index (χ0n) is 22.3. The molecule has 1 N–H and O–H groups in total. The Hall–Kier alpha value is -2.53. The van der Waals surface area contributed by atoms with E-state index in [0.717, 1.165) is 0 Å². The number of esters is 1. The maximum atomic E-state index is 13.3. The summed E-state index contributed by atoms with van der Waals surface area (Å²) in [6.07, 6.45) is -0.924. The molecule has 0 spiro atoms. The van der Waals surface area contributed by atoms with Crippen LogP contribution in [0.25, 0.3) is 0 Å². The molecule has 0 saturated heterocycles. The minimum Gasteiger partial charge on any atom is -0.459 e. The third kappa shape index (κ3) is 13.0. The molecule has 1 aromatic carbocycles. The Morgan fingerprint density at radius 3 is 1.86 bits per heavy atom. The molecule has 0 aliphatic carbocycles. The molecule has 0 saturated carbocycles. The van der Waals surface area contributed by atoms with Gasteiger partial charge in [0.05, 0.1) is 22.7 Å². The molecule has 0 aliphatic rings. The lowest BCUT2D eigenvalue weighted by Gasteiger charge is -2.31. The summed E-state index contributed by atoms with van der Waals surface area (Å²) in [7, 11) is -4.20. The fourth-order valence-electron chi connectivity index (χ4n) is 2.50. The van der Waals surface area contributed by atoms with Crippen LogP contribution in [-0.4, -0.2) is 46.4 Å². The number of nitro groups is 1. The fraction of sp³-hybridized carbons (Fsp3) is 0.652. The third-order valence-electron chi connectivity index (χ3n) is 3.67. The van der Waals surface area contributed by atoms with Crippen LogP contribution < -0.4 is 5.32 Å². The Kier molecular flexibility index (Phi) is 10.6. The fourth-order valence-corrected chi connectivity index (χ4v) is 4.31. The van der Waals surface area contributed by atoms with E-state index < -0.39 is 54.3 Å². The lowest BCUT2D eigenvalue weighted by Crippen LogP contribution is -2.46. The maximum absolute atomic E-state index is 13.3. The van der Waals surface area contributed by atoms with E-state index in [2.05, 4.69) is 5.32 Å². The highest BCUT2D eigenvalue weighted by atomic mass is 31.2. The zero-order chi connectivity index (χ0) is 27.9. The number of carbonyl (C=O) groups is 2. The van der Waals surface area contributed by atoms with Crippen LogP contribution in [0.4, 0.5) is 10.5 Å². The molecule has 0 aliphatic heterocycles. The number of nitrogens with one attached hydrogen (secondary N) is 1. The van der Waals surface area contributed by atoms with E-state index in [1.54, 1.807) is 62.3 Å². The first-order valence-electron chi connectivity index (χ1n) is 11.2. The highest BCUT2D eigenvalue weighted by Crippen LogP contribution is 2.55. The van der Waals surface area contributed by atoms with Gasteiger partial charge in [-0.25, -0.2) is 14.2 Å². The van der Waals surface area contributed by atoms with Crippen molar-refractivity contribution < 1.29 is 42.1 Å². The van der Waals surface area contributed by atoms with Crippen LogP contribution in [0.2, 0.25) is 0 Å². The molecule has 0 fully saturated rings. The maximum Gasteiger partial charge on any atom is 0.475 e. The predicted octanol–water partition coefficient (Wildman–Crippen LogP) is 5.29. The summed E-state index contributed by atoms with van der Waals surface area (Å²) in [5, 5.41) is 13.2. The van der Waals surface area contributed by atoms with Crippen LogP contribution in [0, 0.1) is 10.1 Å².